The Balaban J connectivity index is 1.98. The van der Waals surface area contributed by atoms with E-state index in [4.69, 9.17) is 13.9 Å². The number of ether oxygens (including phenoxy) is 2. The number of hydrogen-bond donors (Lipinski definition) is 1. The lowest BCUT2D eigenvalue weighted by atomic mass is 10.1. The molecule has 0 aliphatic heterocycles. The molecule has 0 saturated heterocycles. The van der Waals surface area contributed by atoms with E-state index in [1.165, 1.54) is 20.3 Å². The van der Waals surface area contributed by atoms with Crippen molar-refractivity contribution >= 4 is 22.6 Å². The number of benzene rings is 2. The quantitative estimate of drug-likeness (QED) is 0.788. The molecule has 1 N–H and O–H groups in total. The molecule has 0 saturated carbocycles. The van der Waals surface area contributed by atoms with Crippen molar-refractivity contribution < 1.29 is 18.7 Å². The summed E-state index contributed by atoms with van der Waals surface area (Å²) in [5, 5.41) is 3.12. The van der Waals surface area contributed by atoms with Crippen LogP contribution in [0.3, 0.4) is 0 Å². The van der Waals surface area contributed by atoms with E-state index in [0.717, 1.165) is 5.56 Å². The van der Waals surface area contributed by atoms with E-state index in [1.807, 2.05) is 13.0 Å². The van der Waals surface area contributed by atoms with Crippen molar-refractivity contribution in [2.75, 3.05) is 19.5 Å². The van der Waals surface area contributed by atoms with Crippen molar-refractivity contribution in [3.63, 3.8) is 0 Å². The lowest BCUT2D eigenvalue weighted by Crippen LogP contribution is -2.15. The van der Waals surface area contributed by atoms with Crippen molar-refractivity contribution in [1.29, 1.82) is 0 Å². The van der Waals surface area contributed by atoms with Crippen molar-refractivity contribution in [1.82, 2.24) is 0 Å². The highest BCUT2D eigenvalue weighted by Crippen LogP contribution is 2.29. The van der Waals surface area contributed by atoms with Gasteiger partial charge in [0.1, 0.15) is 17.1 Å². The molecule has 0 radical (unpaired) electrons. The van der Waals surface area contributed by atoms with Gasteiger partial charge in [-0.15, -0.1) is 0 Å². The summed E-state index contributed by atoms with van der Waals surface area (Å²) in [4.78, 5) is 24.8. The third-order valence-corrected chi connectivity index (χ3v) is 3.76. The predicted molar refractivity (Wildman–Crippen MR) is 94.7 cm³/mol. The summed E-state index contributed by atoms with van der Waals surface area (Å²) in [5.74, 6) is 0.400. The Labute approximate surface area is 144 Å². The third kappa shape index (κ3) is 3.33. The number of rotatable bonds is 4. The van der Waals surface area contributed by atoms with Crippen molar-refractivity contribution in [3.05, 3.63) is 64.0 Å². The zero-order valence-electron chi connectivity index (χ0n) is 14.1. The number of methoxy groups -OCH3 is 2. The van der Waals surface area contributed by atoms with Crippen molar-refractivity contribution in [2.24, 2.45) is 0 Å². The van der Waals surface area contributed by atoms with Gasteiger partial charge >= 0.3 is 0 Å². The summed E-state index contributed by atoms with van der Waals surface area (Å²) >= 11 is 0. The highest BCUT2D eigenvalue weighted by atomic mass is 16.5. The van der Waals surface area contributed by atoms with Gasteiger partial charge in [0.2, 0.25) is 0 Å². The molecule has 1 heterocycles. The molecule has 3 rings (SSSR count). The Hall–Kier alpha value is -3.28. The summed E-state index contributed by atoms with van der Waals surface area (Å²) < 4.78 is 16.0. The average Bonchev–Trinajstić information content (AvgIpc) is 2.62. The molecule has 0 fully saturated rings. The van der Waals surface area contributed by atoms with Gasteiger partial charge in [-0.1, -0.05) is 11.6 Å². The molecule has 0 aliphatic rings. The average molecular weight is 339 g/mol. The van der Waals surface area contributed by atoms with Gasteiger partial charge in [-0.3, -0.25) is 9.59 Å². The molecule has 0 spiro atoms. The normalized spacial score (nSPS) is 10.5. The zero-order chi connectivity index (χ0) is 18.0. The molecule has 3 aromatic rings. The predicted octanol–water partition coefficient (Wildman–Crippen LogP) is 3.37. The number of carbonyl (C=O) groups is 1. The first kappa shape index (κ1) is 16.6. The minimum absolute atomic E-state index is 0.0776. The van der Waals surface area contributed by atoms with Crippen molar-refractivity contribution in [3.8, 4) is 11.5 Å². The van der Waals surface area contributed by atoms with Crippen LogP contribution in [0.15, 0.2) is 51.7 Å². The van der Waals surface area contributed by atoms with Crippen LogP contribution in [-0.4, -0.2) is 20.1 Å². The minimum Gasteiger partial charge on any atom is -0.497 e. The Morgan fingerprint density at radius 2 is 1.84 bits per heavy atom. The number of carbonyl (C=O) groups excluding carboxylic acids is 1. The molecule has 128 valence electrons. The van der Waals surface area contributed by atoms with E-state index in [0.29, 0.717) is 28.2 Å². The van der Waals surface area contributed by atoms with Crippen LogP contribution >= 0.6 is 0 Å². The van der Waals surface area contributed by atoms with Crippen LogP contribution in [0.4, 0.5) is 5.69 Å². The number of aryl methyl sites for hydroxylation is 1. The highest BCUT2D eigenvalue weighted by molar-refractivity contribution is 6.03. The first-order valence-electron chi connectivity index (χ1n) is 7.59. The number of hydrogen-bond acceptors (Lipinski definition) is 5. The maximum atomic E-state index is 12.5. The summed E-state index contributed by atoms with van der Waals surface area (Å²) in [6, 6.07) is 11.4. The monoisotopic (exact) mass is 339 g/mol. The van der Waals surface area contributed by atoms with E-state index in [-0.39, 0.29) is 11.2 Å². The Bertz CT molecular complexity index is 1010. The Morgan fingerprint density at radius 3 is 2.56 bits per heavy atom. The van der Waals surface area contributed by atoms with Gasteiger partial charge in [-0.2, -0.15) is 0 Å². The van der Waals surface area contributed by atoms with Crippen molar-refractivity contribution in [2.45, 2.75) is 6.92 Å². The molecular formula is C19H17NO5. The molecule has 0 bridgehead atoms. The van der Waals surface area contributed by atoms with Gasteiger partial charge in [0.25, 0.3) is 5.91 Å². The van der Waals surface area contributed by atoms with E-state index in [2.05, 4.69) is 5.32 Å². The molecule has 1 aromatic heterocycles. The minimum atomic E-state index is -0.550. The lowest BCUT2D eigenvalue weighted by Gasteiger charge is -2.11. The van der Waals surface area contributed by atoms with E-state index >= 15 is 0 Å². The van der Waals surface area contributed by atoms with E-state index in [1.54, 1.807) is 30.3 Å². The first-order valence-corrected chi connectivity index (χ1v) is 7.59. The molecular weight excluding hydrogens is 322 g/mol. The Kier molecular flexibility index (Phi) is 4.43. The molecule has 0 atom stereocenters. The second-order valence-electron chi connectivity index (χ2n) is 5.49. The molecule has 25 heavy (non-hydrogen) atoms. The molecule has 2 aromatic carbocycles. The maximum Gasteiger partial charge on any atom is 0.291 e. The zero-order valence-corrected chi connectivity index (χ0v) is 14.1. The second kappa shape index (κ2) is 6.68. The number of nitrogens with one attached hydrogen (secondary N) is 1. The summed E-state index contributed by atoms with van der Waals surface area (Å²) in [6.45, 7) is 1.88. The van der Waals surface area contributed by atoms with E-state index < -0.39 is 5.91 Å². The largest absolute Gasteiger partial charge is 0.497 e. The maximum absolute atomic E-state index is 12.5. The molecule has 0 aliphatic carbocycles. The van der Waals surface area contributed by atoms with Gasteiger partial charge in [0, 0.05) is 12.1 Å². The topological polar surface area (TPSA) is 77.8 Å². The standard InChI is InChI=1S/C19H17NO5/c1-11-4-6-16-13(8-11)15(21)10-18(25-16)19(22)20-14-9-12(23-2)5-7-17(14)24-3/h4-10H,1-3H3,(H,20,22). The molecule has 6 heteroatoms. The molecule has 6 nitrogen and oxygen atoms in total. The number of amides is 1. The van der Waals surface area contributed by atoms with Crippen LogP contribution in [0.2, 0.25) is 0 Å². The van der Waals surface area contributed by atoms with Crippen LogP contribution in [0.1, 0.15) is 16.1 Å². The van der Waals surface area contributed by atoms with Crippen LogP contribution < -0.4 is 20.2 Å². The second-order valence-corrected chi connectivity index (χ2v) is 5.49. The summed E-state index contributed by atoms with van der Waals surface area (Å²) in [6.07, 6.45) is 0. The molecule has 0 unspecified atom stereocenters. The fraction of sp³-hybridized carbons (Fsp3) is 0.158. The number of anilines is 1. The SMILES string of the molecule is COc1ccc(OC)c(NC(=O)c2cc(=O)c3cc(C)ccc3o2)c1. The fourth-order valence-corrected chi connectivity index (χ4v) is 2.48. The number of fused-ring (bicyclic) bond motifs is 1. The van der Waals surface area contributed by atoms with Crippen LogP contribution in [0, 0.1) is 6.92 Å². The first-order chi connectivity index (χ1) is 12.0. The molecule has 1 amide bonds. The van der Waals surface area contributed by atoms with Gasteiger partial charge in [0.05, 0.1) is 25.3 Å². The van der Waals surface area contributed by atoms with E-state index in [9.17, 15) is 9.59 Å². The third-order valence-electron chi connectivity index (χ3n) is 3.76. The highest BCUT2D eigenvalue weighted by Gasteiger charge is 2.15. The Morgan fingerprint density at radius 1 is 1.04 bits per heavy atom. The van der Waals surface area contributed by atoms with Gasteiger partial charge < -0.3 is 19.2 Å². The van der Waals surface area contributed by atoms with Gasteiger partial charge in [-0.05, 0) is 31.2 Å². The lowest BCUT2D eigenvalue weighted by molar-refractivity contribution is 0.0997. The van der Waals surface area contributed by atoms with Gasteiger partial charge in [0.15, 0.2) is 11.2 Å². The van der Waals surface area contributed by atoms with Crippen LogP contribution in [0.5, 0.6) is 11.5 Å². The fourth-order valence-electron chi connectivity index (χ4n) is 2.48. The van der Waals surface area contributed by atoms with Crippen LogP contribution in [-0.2, 0) is 0 Å². The van der Waals surface area contributed by atoms with Gasteiger partial charge in [-0.25, -0.2) is 0 Å². The van der Waals surface area contributed by atoms with Crippen LogP contribution in [0.25, 0.3) is 11.0 Å². The smallest absolute Gasteiger partial charge is 0.291 e. The summed E-state index contributed by atoms with van der Waals surface area (Å²) in [5.41, 5.74) is 1.45. The summed E-state index contributed by atoms with van der Waals surface area (Å²) in [7, 11) is 3.02.